The number of fused-ring (bicyclic) bond motifs is 26. The molecule has 10 heterocycles. The Morgan fingerprint density at radius 2 is 0.956 bits per heavy atom. The first-order chi connectivity index (χ1) is 44.2. The molecule has 2 aliphatic heterocycles. The maximum absolute atomic E-state index is 12.2. The lowest BCUT2D eigenvalue weighted by atomic mass is 9.91. The summed E-state index contributed by atoms with van der Waals surface area (Å²) in [5.41, 5.74) is 20.3. The highest BCUT2D eigenvalue weighted by Crippen LogP contribution is 2.40. The van der Waals surface area contributed by atoms with Crippen molar-refractivity contribution in [3.8, 4) is 33.8 Å². The van der Waals surface area contributed by atoms with Gasteiger partial charge in [0.05, 0.1) is 44.5 Å². The Morgan fingerprint density at radius 3 is 1.64 bits per heavy atom. The minimum Gasteiger partial charge on any atom is -0.507 e. The molecule has 2 unspecified atom stereocenters. The fourth-order valence-corrected chi connectivity index (χ4v) is 13.9. The maximum Gasteiger partial charge on any atom is 0.134 e. The van der Waals surface area contributed by atoms with Crippen LogP contribution >= 0.6 is 0 Å². The van der Waals surface area contributed by atoms with Crippen LogP contribution in [0.2, 0.25) is 0 Å². The smallest absolute Gasteiger partial charge is 0.134 e. The Balaban J connectivity index is 0.756. The summed E-state index contributed by atoms with van der Waals surface area (Å²) in [5.74, 6) is 0.265. The van der Waals surface area contributed by atoms with Gasteiger partial charge in [0.1, 0.15) is 23.7 Å². The molecule has 0 saturated carbocycles. The SMILES string of the molecule is Oc1c2c3ccc4ccc5ccc(nc5c4n3)c3cccc(c3O)c3ccc([nH]3)c(-c3ccc(-c4ccc(C5=c6ccc([nH]6)=C6C=CC=C(c7ccc8ccc9ccc(nc9c8n7)C7=CC=CC(=C8CC=C5N8)C7O)C6O)cc4)cc3)c3ccc([nH]3)c1C=CC2. The average Bonchev–Trinajstić information content (AvgIpc) is 1.41. The molecular weight excluding hydrogens is 1110 g/mol. The van der Waals surface area contributed by atoms with Gasteiger partial charge in [0, 0.05) is 127 Å². The minimum absolute atomic E-state index is 0.107. The molecule has 0 spiro atoms. The molecule has 0 fully saturated rings. The summed E-state index contributed by atoms with van der Waals surface area (Å²) >= 11 is 0. The summed E-state index contributed by atoms with van der Waals surface area (Å²) in [7, 11) is 0. The number of aromatic amines is 3. The molecule has 8 aromatic heterocycles. The quantitative estimate of drug-likeness (QED) is 0.0795. The molecule has 12 heteroatoms. The van der Waals surface area contributed by atoms with E-state index in [9.17, 15) is 20.4 Å². The lowest BCUT2D eigenvalue weighted by molar-refractivity contribution is 0.269. The highest BCUT2D eigenvalue weighted by atomic mass is 16.3. The number of phenolic OH excluding ortho intramolecular Hbond substituents is 1. The molecule has 428 valence electrons. The number of aromatic nitrogens is 7. The number of aliphatic hydroxyl groups excluding tert-OH is 2. The van der Waals surface area contributed by atoms with Gasteiger partial charge in [0.2, 0.25) is 0 Å². The van der Waals surface area contributed by atoms with E-state index in [0.717, 1.165) is 121 Å². The Bertz CT molecular complexity index is 5870. The first-order valence-electron chi connectivity index (χ1n) is 30.2. The number of phenols is 1. The highest BCUT2D eigenvalue weighted by Gasteiger charge is 2.28. The molecular formula is C78H52N8O4. The number of nitrogens with zero attached hydrogens (tertiary/aromatic N) is 4. The number of aliphatic hydroxyl groups is 2. The van der Waals surface area contributed by atoms with Gasteiger partial charge in [-0.3, -0.25) is 0 Å². The van der Waals surface area contributed by atoms with E-state index in [1.165, 1.54) is 0 Å². The van der Waals surface area contributed by atoms with Crippen LogP contribution in [0.5, 0.6) is 11.5 Å². The number of H-pyrrole nitrogens is 3. The molecule has 90 heavy (non-hydrogen) atoms. The van der Waals surface area contributed by atoms with Crippen molar-refractivity contribution >= 4 is 116 Å². The van der Waals surface area contributed by atoms with Gasteiger partial charge >= 0.3 is 0 Å². The third kappa shape index (κ3) is 8.16. The number of aromatic hydroxyl groups is 2. The Labute approximate surface area is 512 Å². The second kappa shape index (κ2) is 19.9. The molecule has 12 nitrogen and oxygen atoms in total. The van der Waals surface area contributed by atoms with Gasteiger partial charge < -0.3 is 40.7 Å². The second-order valence-corrected chi connectivity index (χ2v) is 23.6. The maximum atomic E-state index is 12.2. The van der Waals surface area contributed by atoms with Crippen molar-refractivity contribution < 1.29 is 20.4 Å². The van der Waals surface area contributed by atoms with Crippen LogP contribution in [0.15, 0.2) is 241 Å². The van der Waals surface area contributed by atoms with Crippen LogP contribution in [0.3, 0.4) is 0 Å². The summed E-state index contributed by atoms with van der Waals surface area (Å²) in [5, 5.41) is 59.1. The topological polar surface area (TPSA) is 192 Å². The third-order valence-electron chi connectivity index (χ3n) is 18.5. The molecule has 13 aromatic rings. The van der Waals surface area contributed by atoms with E-state index >= 15 is 0 Å². The Morgan fingerprint density at radius 1 is 0.422 bits per heavy atom. The lowest BCUT2D eigenvalue weighted by Gasteiger charge is -2.22. The van der Waals surface area contributed by atoms with Crippen LogP contribution in [0.1, 0.15) is 34.5 Å². The van der Waals surface area contributed by atoms with Gasteiger partial charge in [0.25, 0.3) is 0 Å². The Kier molecular flexibility index (Phi) is 11.4. The van der Waals surface area contributed by atoms with Gasteiger partial charge in [-0.15, -0.1) is 0 Å². The van der Waals surface area contributed by atoms with Crippen molar-refractivity contribution in [3.63, 3.8) is 0 Å². The number of pyridine rings is 4. The van der Waals surface area contributed by atoms with Gasteiger partial charge in [-0.2, -0.15) is 0 Å². The number of hydrogen-bond acceptors (Lipinski definition) is 9. The van der Waals surface area contributed by atoms with E-state index in [1.807, 2.05) is 164 Å². The van der Waals surface area contributed by atoms with Crippen molar-refractivity contribution in [2.75, 3.05) is 0 Å². The number of para-hydroxylation sites is 1. The molecule has 8 N–H and O–H groups in total. The summed E-state index contributed by atoms with van der Waals surface area (Å²) in [4.78, 5) is 31.8. The molecule has 3 aliphatic carbocycles. The normalized spacial score (nSPS) is 16.6. The largest absolute Gasteiger partial charge is 0.507 e. The van der Waals surface area contributed by atoms with Crippen molar-refractivity contribution in [3.05, 3.63) is 280 Å². The van der Waals surface area contributed by atoms with E-state index < -0.39 is 12.2 Å². The van der Waals surface area contributed by atoms with Crippen LogP contribution in [0.25, 0.3) is 138 Å². The van der Waals surface area contributed by atoms with Crippen molar-refractivity contribution in [1.29, 1.82) is 0 Å². The van der Waals surface area contributed by atoms with Crippen LogP contribution in [-0.4, -0.2) is 67.5 Å². The van der Waals surface area contributed by atoms with E-state index in [4.69, 9.17) is 19.9 Å². The number of nitrogens with one attached hydrogen (secondary N) is 4. The molecule has 18 rings (SSSR count). The Hall–Kier alpha value is -11.7. The fraction of sp³-hybridized carbons (Fsp3) is 0.0513. The number of benzene rings is 5. The molecule has 2 atom stereocenters. The molecule has 24 bridgehead atoms. The van der Waals surface area contributed by atoms with E-state index in [-0.39, 0.29) is 11.5 Å². The second-order valence-electron chi connectivity index (χ2n) is 23.6. The van der Waals surface area contributed by atoms with Gasteiger partial charge in [-0.25, -0.2) is 19.9 Å². The van der Waals surface area contributed by atoms with Crippen LogP contribution in [-0.2, 0) is 6.42 Å². The third-order valence-corrected chi connectivity index (χ3v) is 18.5. The fourth-order valence-electron chi connectivity index (χ4n) is 13.9. The minimum atomic E-state index is -0.969. The lowest BCUT2D eigenvalue weighted by Crippen LogP contribution is -2.25. The predicted molar refractivity (Wildman–Crippen MR) is 361 cm³/mol. The molecule has 5 aromatic carbocycles. The molecule has 0 amide bonds. The van der Waals surface area contributed by atoms with E-state index in [1.54, 1.807) is 0 Å². The first kappa shape index (κ1) is 51.5. The predicted octanol–water partition coefficient (Wildman–Crippen LogP) is 14.3. The van der Waals surface area contributed by atoms with E-state index in [2.05, 4.69) is 87.0 Å². The van der Waals surface area contributed by atoms with Crippen molar-refractivity contribution in [1.82, 2.24) is 40.2 Å². The first-order valence-corrected chi connectivity index (χ1v) is 30.2. The monoisotopic (exact) mass is 1160 g/mol. The van der Waals surface area contributed by atoms with Crippen molar-refractivity contribution in [2.24, 2.45) is 0 Å². The molecule has 0 radical (unpaired) electrons. The zero-order valence-electron chi connectivity index (χ0n) is 48.1. The summed E-state index contributed by atoms with van der Waals surface area (Å²) in [6, 6.07) is 59.1. The van der Waals surface area contributed by atoms with Crippen LogP contribution in [0.4, 0.5) is 0 Å². The number of hydrogen-bond donors (Lipinski definition) is 8. The van der Waals surface area contributed by atoms with Crippen molar-refractivity contribution in [2.45, 2.75) is 25.0 Å². The summed E-state index contributed by atoms with van der Waals surface area (Å²) in [6.07, 6.45) is 17.1. The van der Waals surface area contributed by atoms with Gasteiger partial charge in [0.15, 0.2) is 0 Å². The average molecular weight is 1170 g/mol. The zero-order chi connectivity index (χ0) is 59.9. The standard InChI is InChI=1S/C78H52N8O4/c87-75-49-5-1-9-53(75)61-29-25-45-21-22-46-26-30-62(84-72(46)71(45)83-61)54-10-2-6-50(76(54)88)58-34-38-66(80-58)69(65-37-33-57(49)79-65)43-17-13-41(14-18-43)42-15-19-44(20-16-42)70-67-39-35-59(81-67)51-7-3-11-55(77(51)89)63-31-27-47-23-24-48-28-32-64(86-74(48)73(47)85-63)56-12-4-8-52(78(56)90)60-36-40-68(70)82-60/h1-11,13-33,35-40,75-76,79-82,87-90H,12,34H2. The molecule has 0 saturated heterocycles. The molecule has 5 aliphatic rings. The summed E-state index contributed by atoms with van der Waals surface area (Å²) in [6.45, 7) is 0. The van der Waals surface area contributed by atoms with Gasteiger partial charge in [-0.05, 0) is 101 Å². The number of allylic oxidation sites excluding steroid dienone is 7. The van der Waals surface area contributed by atoms with E-state index in [0.29, 0.717) is 79.3 Å². The highest BCUT2D eigenvalue weighted by molar-refractivity contribution is 6.08. The number of rotatable bonds is 3. The van der Waals surface area contributed by atoms with Crippen LogP contribution in [0, 0.1) is 0 Å². The summed E-state index contributed by atoms with van der Waals surface area (Å²) < 4.78 is 0. The van der Waals surface area contributed by atoms with Gasteiger partial charge in [-0.1, -0.05) is 158 Å². The zero-order valence-corrected chi connectivity index (χ0v) is 48.1. The van der Waals surface area contributed by atoms with Crippen LogP contribution < -0.4 is 16.0 Å².